The van der Waals surface area contributed by atoms with E-state index < -0.39 is 67.4 Å². The zero-order chi connectivity index (χ0) is 61.0. The van der Waals surface area contributed by atoms with Gasteiger partial charge in [0.15, 0.2) is 12.4 Å². The topological polar surface area (TPSA) is 175 Å². The van der Waals surface area contributed by atoms with E-state index in [1.54, 1.807) is 6.08 Å². The summed E-state index contributed by atoms with van der Waals surface area (Å²) in [6, 6.07) is -1.04. The second-order valence-corrected chi connectivity index (χ2v) is 23.2. The Morgan fingerprint density at radius 2 is 0.857 bits per heavy atom. The van der Waals surface area contributed by atoms with E-state index in [0.717, 1.165) is 128 Å². The molecule has 0 aromatic heterocycles. The van der Waals surface area contributed by atoms with E-state index in [1.807, 2.05) is 6.08 Å². The van der Waals surface area contributed by atoms with Crippen molar-refractivity contribution in [1.82, 2.24) is 5.32 Å². The third-order valence-electron chi connectivity index (χ3n) is 15.4. The van der Waals surface area contributed by atoms with Crippen LogP contribution in [0.4, 0.5) is 0 Å². The maximum atomic E-state index is 13.4. The van der Waals surface area contributed by atoms with Crippen LogP contribution in [-0.4, -0.2) is 99.6 Å². The van der Waals surface area contributed by atoms with E-state index in [0.29, 0.717) is 12.8 Å². The summed E-state index contributed by atoms with van der Waals surface area (Å²) in [6.07, 6.45) is 71.2. The zero-order valence-corrected chi connectivity index (χ0v) is 53.5. The molecule has 1 saturated heterocycles. The maximum Gasteiger partial charge on any atom is 0.306 e. The Kier molecular flexibility index (Phi) is 55.6. The molecule has 0 aliphatic carbocycles. The summed E-state index contributed by atoms with van der Waals surface area (Å²) in [5.41, 5.74) is 0. The Bertz CT molecular complexity index is 1780. The molecule has 482 valence electrons. The van der Waals surface area contributed by atoms with Crippen LogP contribution in [0.2, 0.25) is 0 Å². The van der Waals surface area contributed by atoms with Crippen LogP contribution < -0.4 is 5.32 Å². The predicted molar refractivity (Wildman–Crippen MR) is 351 cm³/mol. The van der Waals surface area contributed by atoms with Gasteiger partial charge in [0.1, 0.15) is 24.4 Å². The molecule has 1 rings (SSSR count). The quantitative estimate of drug-likeness (QED) is 0.0195. The van der Waals surface area contributed by atoms with Crippen molar-refractivity contribution in [2.45, 2.75) is 327 Å². The number of hydrogen-bond donors (Lipinski definition) is 6. The smallest absolute Gasteiger partial charge is 0.306 e. The third kappa shape index (κ3) is 46.5. The second-order valence-electron chi connectivity index (χ2n) is 23.2. The Morgan fingerprint density at radius 1 is 0.476 bits per heavy atom. The first-order chi connectivity index (χ1) is 41.2. The highest BCUT2D eigenvalue weighted by Crippen LogP contribution is 2.26. The fraction of sp³-hybridized carbons (Fsp3) is 0.726. The molecule has 11 nitrogen and oxygen atoms in total. The van der Waals surface area contributed by atoms with Crippen LogP contribution in [0.1, 0.15) is 278 Å². The first kappa shape index (κ1) is 78.3. The van der Waals surface area contributed by atoms with Crippen molar-refractivity contribution in [3.05, 3.63) is 109 Å². The standard InChI is InChI=1S/C73H125NO10/c1-4-7-10-13-16-19-22-25-27-29-30-31-32-33-34-35-36-37-38-39-41-43-46-49-52-55-58-61-68(78)84-71-70(80)69(79)67(62-75)83-73(71)82-63-64(65(76)59-56-53-50-47-44-24-21-18-15-12-9-6-3)74-72(81)66(77)60-57-54-51-48-45-42-40-28-26-23-20-17-14-11-8-5-2/h7,10,16-17,19-20,25-28,30-31,33-34,42,45,56,59,64-67,69-71,73,75-77,79-80H,4-6,8-9,11-15,18,21-24,29,32,35-41,43-44,46-55,57-58,60-63H2,1-3H3,(H,74,81)/b10-7-,19-16-,20-17-,27-25-,28-26-,31-30-,34-33-,45-42-,59-56+. The fourth-order valence-corrected chi connectivity index (χ4v) is 10.0. The molecule has 11 heteroatoms. The van der Waals surface area contributed by atoms with Gasteiger partial charge in [-0.2, -0.15) is 0 Å². The van der Waals surface area contributed by atoms with Crippen molar-refractivity contribution in [3.63, 3.8) is 0 Å². The van der Waals surface area contributed by atoms with Gasteiger partial charge < -0.3 is 45.1 Å². The van der Waals surface area contributed by atoms with Gasteiger partial charge in [-0.15, -0.1) is 0 Å². The lowest BCUT2D eigenvalue weighted by Crippen LogP contribution is -2.61. The highest BCUT2D eigenvalue weighted by molar-refractivity contribution is 5.80. The third-order valence-corrected chi connectivity index (χ3v) is 15.4. The second kappa shape index (κ2) is 59.6. The van der Waals surface area contributed by atoms with Gasteiger partial charge in [-0.05, 0) is 109 Å². The highest BCUT2D eigenvalue weighted by atomic mass is 16.7. The van der Waals surface area contributed by atoms with Crippen LogP contribution in [0, 0.1) is 0 Å². The highest BCUT2D eigenvalue weighted by Gasteiger charge is 2.47. The molecule has 0 saturated carbocycles. The van der Waals surface area contributed by atoms with Crippen molar-refractivity contribution in [2.75, 3.05) is 13.2 Å². The molecule has 8 unspecified atom stereocenters. The van der Waals surface area contributed by atoms with E-state index in [-0.39, 0.29) is 19.4 Å². The van der Waals surface area contributed by atoms with Crippen molar-refractivity contribution in [1.29, 1.82) is 0 Å². The largest absolute Gasteiger partial charge is 0.454 e. The Hall–Kier alpha value is -3.68. The van der Waals surface area contributed by atoms with Gasteiger partial charge in [0.05, 0.1) is 25.4 Å². The van der Waals surface area contributed by atoms with Gasteiger partial charge in [-0.25, -0.2) is 0 Å². The number of unbranched alkanes of at least 4 members (excludes halogenated alkanes) is 27. The van der Waals surface area contributed by atoms with Gasteiger partial charge in [-0.1, -0.05) is 271 Å². The van der Waals surface area contributed by atoms with Gasteiger partial charge >= 0.3 is 5.97 Å². The van der Waals surface area contributed by atoms with Gasteiger partial charge in [0.25, 0.3) is 0 Å². The monoisotopic (exact) mass is 1180 g/mol. The average Bonchev–Trinajstić information content (AvgIpc) is 3.69. The molecular formula is C73H125NO10. The molecule has 0 aromatic carbocycles. The number of amides is 1. The van der Waals surface area contributed by atoms with Crippen molar-refractivity contribution < 1.29 is 49.3 Å². The molecule has 1 aliphatic heterocycles. The number of allylic oxidation sites excluding steroid dienone is 17. The lowest BCUT2D eigenvalue weighted by molar-refractivity contribution is -0.305. The van der Waals surface area contributed by atoms with Crippen LogP contribution >= 0.6 is 0 Å². The molecule has 1 aliphatic rings. The molecule has 0 bridgehead atoms. The van der Waals surface area contributed by atoms with E-state index in [1.165, 1.54) is 103 Å². The molecule has 1 amide bonds. The van der Waals surface area contributed by atoms with E-state index in [9.17, 15) is 35.1 Å². The molecule has 8 atom stereocenters. The SMILES string of the molecule is CC/C=C\C/C=C\C/C=C\C/C=C\C/C=C\CCCCCCCCCCCCCC(=O)OC1C(OCC(NC(=O)C(O)CCCCC/C=C\C/C=C\C/C=C\CCCCC)C(O)/C=C/CCCCCCCCCCCC)OC(CO)C(O)C1O. The zero-order valence-electron chi connectivity index (χ0n) is 53.5. The molecular weight excluding hydrogens is 1050 g/mol. The average molecular weight is 1180 g/mol. The number of carbonyl (C=O) groups is 2. The Morgan fingerprint density at radius 3 is 1.31 bits per heavy atom. The van der Waals surface area contributed by atoms with Crippen LogP contribution in [-0.2, 0) is 23.8 Å². The normalized spacial score (nSPS) is 19.2. The van der Waals surface area contributed by atoms with E-state index in [4.69, 9.17) is 14.2 Å². The molecule has 0 radical (unpaired) electrons. The molecule has 0 aromatic rings. The number of esters is 1. The van der Waals surface area contributed by atoms with Gasteiger partial charge in [0, 0.05) is 6.42 Å². The number of aliphatic hydroxyl groups excluding tert-OH is 5. The minimum absolute atomic E-state index is 0.111. The number of hydrogen-bond acceptors (Lipinski definition) is 10. The number of aliphatic hydroxyl groups is 5. The molecule has 0 spiro atoms. The summed E-state index contributed by atoms with van der Waals surface area (Å²) in [7, 11) is 0. The predicted octanol–water partition coefficient (Wildman–Crippen LogP) is 17.2. The summed E-state index contributed by atoms with van der Waals surface area (Å²) in [5, 5.41) is 57.1. The Balaban J connectivity index is 2.59. The minimum Gasteiger partial charge on any atom is -0.454 e. The van der Waals surface area contributed by atoms with Crippen LogP contribution in [0.5, 0.6) is 0 Å². The Labute approximate surface area is 513 Å². The van der Waals surface area contributed by atoms with E-state index in [2.05, 4.69) is 123 Å². The number of carbonyl (C=O) groups excluding carboxylic acids is 2. The summed E-state index contributed by atoms with van der Waals surface area (Å²) in [5.74, 6) is -1.22. The van der Waals surface area contributed by atoms with Crippen LogP contribution in [0.15, 0.2) is 109 Å². The molecule has 1 heterocycles. The minimum atomic E-state index is -1.63. The summed E-state index contributed by atoms with van der Waals surface area (Å²) < 4.78 is 17.7. The number of rotatable bonds is 57. The van der Waals surface area contributed by atoms with E-state index >= 15 is 0 Å². The van der Waals surface area contributed by atoms with Crippen molar-refractivity contribution in [3.8, 4) is 0 Å². The summed E-state index contributed by atoms with van der Waals surface area (Å²) in [4.78, 5) is 26.6. The lowest BCUT2D eigenvalue weighted by Gasteiger charge is -2.41. The lowest BCUT2D eigenvalue weighted by atomic mass is 9.99. The summed E-state index contributed by atoms with van der Waals surface area (Å²) in [6.45, 7) is 5.64. The first-order valence-electron chi connectivity index (χ1n) is 34.2. The van der Waals surface area contributed by atoms with Crippen LogP contribution in [0.3, 0.4) is 0 Å². The number of nitrogens with one attached hydrogen (secondary N) is 1. The number of ether oxygens (including phenoxy) is 3. The molecule has 1 fully saturated rings. The molecule has 6 N–H and O–H groups in total. The fourth-order valence-electron chi connectivity index (χ4n) is 10.0. The van der Waals surface area contributed by atoms with Gasteiger partial charge in [-0.3, -0.25) is 9.59 Å². The first-order valence-corrected chi connectivity index (χ1v) is 34.2. The van der Waals surface area contributed by atoms with Gasteiger partial charge in [0.2, 0.25) is 5.91 Å². The summed E-state index contributed by atoms with van der Waals surface area (Å²) >= 11 is 0. The van der Waals surface area contributed by atoms with Crippen molar-refractivity contribution >= 4 is 11.9 Å². The maximum absolute atomic E-state index is 13.4. The van der Waals surface area contributed by atoms with Crippen LogP contribution in [0.25, 0.3) is 0 Å². The molecule has 84 heavy (non-hydrogen) atoms. The van der Waals surface area contributed by atoms with Crippen molar-refractivity contribution in [2.24, 2.45) is 0 Å².